The lowest BCUT2D eigenvalue weighted by Crippen LogP contribution is -2.37. The third-order valence-electron chi connectivity index (χ3n) is 3.87. The van der Waals surface area contributed by atoms with Gasteiger partial charge in [-0.05, 0) is 24.3 Å². The predicted molar refractivity (Wildman–Crippen MR) is 90.5 cm³/mol. The first-order valence-corrected chi connectivity index (χ1v) is 7.75. The zero-order valence-corrected chi connectivity index (χ0v) is 13.0. The van der Waals surface area contributed by atoms with Gasteiger partial charge in [-0.1, -0.05) is 35.9 Å². The number of hydrogen-bond donors (Lipinski definition) is 0. The van der Waals surface area contributed by atoms with Crippen LogP contribution in [-0.4, -0.2) is 31.6 Å². The van der Waals surface area contributed by atoms with Crippen molar-refractivity contribution in [3.8, 4) is 5.75 Å². The highest BCUT2D eigenvalue weighted by Crippen LogP contribution is 2.38. The minimum absolute atomic E-state index is 0.119. The van der Waals surface area contributed by atoms with Crippen LogP contribution in [0, 0.1) is 0 Å². The fourth-order valence-corrected chi connectivity index (χ4v) is 3.06. The summed E-state index contributed by atoms with van der Waals surface area (Å²) in [5.74, 6) is 1.22. The van der Waals surface area contributed by atoms with E-state index < -0.39 is 0 Å². The van der Waals surface area contributed by atoms with E-state index in [4.69, 9.17) is 16.3 Å². The van der Waals surface area contributed by atoms with E-state index in [1.54, 1.807) is 6.07 Å². The maximum Gasteiger partial charge on any atom is 0.268 e. The second kappa shape index (κ2) is 5.59. The van der Waals surface area contributed by atoms with Crippen molar-refractivity contribution in [3.05, 3.63) is 53.6 Å². The maximum atomic E-state index is 11.6. The van der Waals surface area contributed by atoms with Gasteiger partial charge in [0.1, 0.15) is 18.9 Å². The van der Waals surface area contributed by atoms with Crippen LogP contribution in [0.3, 0.4) is 0 Å². The Balaban J connectivity index is 1.53. The average molecular weight is 328 g/mol. The molecule has 23 heavy (non-hydrogen) atoms. The highest BCUT2D eigenvalue weighted by molar-refractivity contribution is 6.32. The molecule has 0 fully saturated rings. The molecule has 0 atom stereocenters. The van der Waals surface area contributed by atoms with Crippen molar-refractivity contribution in [2.75, 3.05) is 29.5 Å². The topological polar surface area (TPSA) is 45.1 Å². The number of aliphatic imine (C=N–C) groups is 1. The molecule has 2 aromatic carbocycles. The van der Waals surface area contributed by atoms with E-state index in [0.29, 0.717) is 36.4 Å². The number of fused-ring (bicyclic) bond motifs is 3. The molecule has 0 spiro atoms. The summed E-state index contributed by atoms with van der Waals surface area (Å²) >= 11 is 6.09. The molecule has 0 N–H and O–H groups in total. The number of carbonyl (C=O) groups excluding carboxylic acids is 1. The SMILES string of the molecule is O=C1CN2C(=N1)N(CCOc1ccccc1Cl)c1ccccc12. The van der Waals surface area contributed by atoms with E-state index in [9.17, 15) is 4.79 Å². The molecule has 6 heteroatoms. The van der Waals surface area contributed by atoms with Gasteiger partial charge in [0.15, 0.2) is 0 Å². The summed E-state index contributed by atoms with van der Waals surface area (Å²) in [7, 11) is 0. The molecule has 116 valence electrons. The Bertz CT molecular complexity index is 806. The molecular formula is C17H14ClN3O2. The van der Waals surface area contributed by atoms with Crippen LogP contribution in [0.25, 0.3) is 0 Å². The first-order chi connectivity index (χ1) is 11.2. The van der Waals surface area contributed by atoms with Crippen LogP contribution in [-0.2, 0) is 4.79 Å². The quantitative estimate of drug-likeness (QED) is 0.866. The van der Waals surface area contributed by atoms with Gasteiger partial charge in [0.25, 0.3) is 5.91 Å². The van der Waals surface area contributed by atoms with Gasteiger partial charge in [0, 0.05) is 0 Å². The number of guanidine groups is 1. The Morgan fingerprint density at radius 1 is 1.09 bits per heavy atom. The van der Waals surface area contributed by atoms with Crippen molar-refractivity contribution in [1.82, 2.24) is 0 Å². The summed E-state index contributed by atoms with van der Waals surface area (Å²) in [5, 5.41) is 0.587. The minimum Gasteiger partial charge on any atom is -0.490 e. The van der Waals surface area contributed by atoms with Gasteiger partial charge in [-0.25, -0.2) is 0 Å². The molecule has 4 rings (SSSR count). The predicted octanol–water partition coefficient (Wildman–Crippen LogP) is 2.94. The zero-order valence-electron chi connectivity index (χ0n) is 12.3. The highest BCUT2D eigenvalue weighted by Gasteiger charge is 2.37. The van der Waals surface area contributed by atoms with Gasteiger partial charge < -0.3 is 14.5 Å². The van der Waals surface area contributed by atoms with Crippen molar-refractivity contribution in [3.63, 3.8) is 0 Å². The molecule has 0 bridgehead atoms. The van der Waals surface area contributed by atoms with Crippen LogP contribution >= 0.6 is 11.6 Å². The molecule has 5 nitrogen and oxygen atoms in total. The number of rotatable bonds is 4. The minimum atomic E-state index is -0.119. The monoisotopic (exact) mass is 327 g/mol. The lowest BCUT2D eigenvalue weighted by Gasteiger charge is -2.19. The fraction of sp³-hybridized carbons (Fsp3) is 0.176. The summed E-state index contributed by atoms with van der Waals surface area (Å²) < 4.78 is 5.76. The van der Waals surface area contributed by atoms with Gasteiger partial charge >= 0.3 is 0 Å². The van der Waals surface area contributed by atoms with Crippen LogP contribution in [0.5, 0.6) is 5.75 Å². The first-order valence-electron chi connectivity index (χ1n) is 7.37. The number of anilines is 2. The zero-order chi connectivity index (χ0) is 15.8. The van der Waals surface area contributed by atoms with E-state index in [2.05, 4.69) is 4.99 Å². The standard InChI is InChI=1S/C17H14ClN3O2/c18-12-5-1-4-8-15(12)23-10-9-20-13-6-2-3-7-14(13)21-11-16(22)19-17(20)21/h1-8H,9-11H2. The Morgan fingerprint density at radius 3 is 2.65 bits per heavy atom. The van der Waals surface area contributed by atoms with Crippen molar-refractivity contribution in [1.29, 1.82) is 0 Å². The number of hydrogen-bond acceptors (Lipinski definition) is 4. The van der Waals surface area contributed by atoms with Gasteiger partial charge in [-0.2, -0.15) is 4.99 Å². The Labute approximate surface area is 138 Å². The van der Waals surface area contributed by atoms with Crippen LogP contribution in [0.1, 0.15) is 0 Å². The number of benzene rings is 2. The van der Waals surface area contributed by atoms with Crippen molar-refractivity contribution in [2.24, 2.45) is 4.99 Å². The maximum absolute atomic E-state index is 11.6. The Hall–Kier alpha value is -2.53. The molecule has 0 radical (unpaired) electrons. The summed E-state index contributed by atoms with van der Waals surface area (Å²) in [4.78, 5) is 19.7. The molecule has 0 aromatic heterocycles. The highest BCUT2D eigenvalue weighted by atomic mass is 35.5. The van der Waals surface area contributed by atoms with Crippen LogP contribution in [0.4, 0.5) is 11.4 Å². The molecule has 0 saturated carbocycles. The van der Waals surface area contributed by atoms with E-state index in [1.807, 2.05) is 52.3 Å². The Kier molecular flexibility index (Phi) is 3.42. The molecule has 0 unspecified atom stereocenters. The van der Waals surface area contributed by atoms with Gasteiger partial charge in [-0.3, -0.25) is 4.79 Å². The Morgan fingerprint density at radius 2 is 1.83 bits per heavy atom. The normalized spacial score (nSPS) is 15.5. The molecular weight excluding hydrogens is 314 g/mol. The summed E-state index contributed by atoms with van der Waals surface area (Å²) in [5.41, 5.74) is 2.05. The average Bonchev–Trinajstić information content (AvgIpc) is 3.06. The van der Waals surface area contributed by atoms with Gasteiger partial charge in [0.05, 0.1) is 22.9 Å². The molecule has 0 saturated heterocycles. The second-order valence-electron chi connectivity index (χ2n) is 5.31. The molecule has 1 amide bonds. The molecule has 2 heterocycles. The molecule has 2 aromatic rings. The molecule has 2 aliphatic rings. The summed E-state index contributed by atoms with van der Waals surface area (Å²) in [6, 6.07) is 15.3. The van der Waals surface area contributed by atoms with Gasteiger partial charge in [-0.15, -0.1) is 0 Å². The number of amides is 1. The largest absolute Gasteiger partial charge is 0.490 e. The van der Waals surface area contributed by atoms with Crippen LogP contribution < -0.4 is 14.5 Å². The molecule has 0 aliphatic carbocycles. The molecule has 2 aliphatic heterocycles. The van der Waals surface area contributed by atoms with Crippen molar-refractivity contribution < 1.29 is 9.53 Å². The number of para-hydroxylation sites is 3. The fourth-order valence-electron chi connectivity index (χ4n) is 2.87. The smallest absolute Gasteiger partial charge is 0.268 e. The lowest BCUT2D eigenvalue weighted by atomic mass is 10.2. The van der Waals surface area contributed by atoms with E-state index in [-0.39, 0.29) is 5.91 Å². The van der Waals surface area contributed by atoms with E-state index in [1.165, 1.54) is 0 Å². The third-order valence-corrected chi connectivity index (χ3v) is 4.19. The van der Waals surface area contributed by atoms with Crippen LogP contribution in [0.2, 0.25) is 5.02 Å². The third kappa shape index (κ3) is 2.43. The number of carbonyl (C=O) groups is 1. The van der Waals surface area contributed by atoms with Crippen LogP contribution in [0.15, 0.2) is 53.5 Å². The van der Waals surface area contributed by atoms with E-state index in [0.717, 1.165) is 11.4 Å². The first kappa shape index (κ1) is 14.1. The van der Waals surface area contributed by atoms with Crippen molar-refractivity contribution >= 4 is 34.8 Å². The second-order valence-corrected chi connectivity index (χ2v) is 5.72. The number of halogens is 1. The van der Waals surface area contributed by atoms with E-state index >= 15 is 0 Å². The van der Waals surface area contributed by atoms with Gasteiger partial charge in [0.2, 0.25) is 5.96 Å². The van der Waals surface area contributed by atoms with Crippen molar-refractivity contribution in [2.45, 2.75) is 0 Å². The number of ether oxygens (including phenoxy) is 1. The lowest BCUT2D eigenvalue weighted by molar-refractivity contribution is -0.115. The summed E-state index contributed by atoms with van der Waals surface area (Å²) in [6.07, 6.45) is 0. The number of nitrogens with zero attached hydrogens (tertiary/aromatic N) is 3. The summed E-state index contributed by atoms with van der Waals surface area (Å²) in [6.45, 7) is 1.33.